The molecule has 2 aromatic rings. The van der Waals surface area contributed by atoms with Gasteiger partial charge in [0.1, 0.15) is 16.1 Å². The average Bonchev–Trinajstić information content (AvgIpc) is 2.34. The second-order valence-electron chi connectivity index (χ2n) is 3.40. The van der Waals surface area contributed by atoms with Crippen LogP contribution in [-0.4, -0.2) is 10.9 Å². The number of rotatable bonds is 2. The Morgan fingerprint density at radius 3 is 2.56 bits per heavy atom. The van der Waals surface area contributed by atoms with Crippen molar-refractivity contribution in [1.82, 2.24) is 4.98 Å². The van der Waals surface area contributed by atoms with Gasteiger partial charge in [-0.05, 0) is 56.1 Å². The van der Waals surface area contributed by atoms with Crippen LogP contribution >= 0.6 is 31.9 Å². The quantitative estimate of drug-likeness (QED) is 0.808. The average molecular weight is 374 g/mol. The van der Waals surface area contributed by atoms with E-state index in [1.165, 1.54) is 6.07 Å². The molecule has 0 saturated heterocycles. The number of hydrogen-bond donors (Lipinski definition) is 1. The van der Waals surface area contributed by atoms with Crippen molar-refractivity contribution in [2.24, 2.45) is 0 Å². The van der Waals surface area contributed by atoms with E-state index in [1.807, 2.05) is 0 Å². The maximum absolute atomic E-state index is 13.5. The smallest absolute Gasteiger partial charge is 0.274 e. The topological polar surface area (TPSA) is 42.0 Å². The van der Waals surface area contributed by atoms with E-state index < -0.39 is 11.7 Å². The molecule has 2 rings (SSSR count). The first-order valence-electron chi connectivity index (χ1n) is 4.96. The Labute approximate surface area is 120 Å². The zero-order valence-corrected chi connectivity index (χ0v) is 12.1. The molecule has 0 saturated carbocycles. The predicted molar refractivity (Wildman–Crippen MR) is 74.0 cm³/mol. The standard InChI is InChI=1S/C12H7Br2FN2O/c13-7-3-1-4-8(15)11(7)17-12(18)9-5-2-6-10(14)16-9/h1-6H,(H,17,18). The third-order valence-electron chi connectivity index (χ3n) is 2.15. The Kier molecular flexibility index (Phi) is 4.08. The van der Waals surface area contributed by atoms with E-state index in [9.17, 15) is 9.18 Å². The molecular weight excluding hydrogens is 367 g/mol. The summed E-state index contributed by atoms with van der Waals surface area (Å²) in [6.07, 6.45) is 0. The molecule has 3 nitrogen and oxygen atoms in total. The van der Waals surface area contributed by atoms with Gasteiger partial charge in [-0.2, -0.15) is 0 Å². The largest absolute Gasteiger partial charge is 0.317 e. The molecule has 0 bridgehead atoms. The highest BCUT2D eigenvalue weighted by atomic mass is 79.9. The summed E-state index contributed by atoms with van der Waals surface area (Å²) in [4.78, 5) is 15.9. The SMILES string of the molecule is O=C(Nc1c(F)cccc1Br)c1cccc(Br)n1. The number of hydrogen-bond acceptors (Lipinski definition) is 2. The summed E-state index contributed by atoms with van der Waals surface area (Å²) in [6, 6.07) is 9.40. The summed E-state index contributed by atoms with van der Waals surface area (Å²) >= 11 is 6.35. The normalized spacial score (nSPS) is 10.2. The van der Waals surface area contributed by atoms with Gasteiger partial charge in [0.25, 0.3) is 5.91 Å². The molecule has 1 aromatic carbocycles. The second-order valence-corrected chi connectivity index (χ2v) is 5.06. The van der Waals surface area contributed by atoms with Gasteiger partial charge in [0, 0.05) is 4.47 Å². The van der Waals surface area contributed by atoms with E-state index in [1.54, 1.807) is 30.3 Å². The first kappa shape index (κ1) is 13.2. The third kappa shape index (κ3) is 2.94. The van der Waals surface area contributed by atoms with Gasteiger partial charge in [0.15, 0.2) is 0 Å². The molecule has 0 aliphatic heterocycles. The van der Waals surface area contributed by atoms with Gasteiger partial charge in [-0.3, -0.25) is 4.79 Å². The molecule has 1 aromatic heterocycles. The zero-order chi connectivity index (χ0) is 13.1. The minimum Gasteiger partial charge on any atom is -0.317 e. The number of halogens is 3. The fourth-order valence-electron chi connectivity index (χ4n) is 1.33. The molecule has 18 heavy (non-hydrogen) atoms. The van der Waals surface area contributed by atoms with E-state index >= 15 is 0 Å². The van der Waals surface area contributed by atoms with Gasteiger partial charge in [0.05, 0.1) is 5.69 Å². The molecular formula is C12H7Br2FN2O. The first-order valence-corrected chi connectivity index (χ1v) is 6.54. The Morgan fingerprint density at radius 2 is 1.89 bits per heavy atom. The van der Waals surface area contributed by atoms with Crippen molar-refractivity contribution in [2.75, 3.05) is 5.32 Å². The molecule has 1 heterocycles. The van der Waals surface area contributed by atoms with Crippen molar-refractivity contribution in [3.8, 4) is 0 Å². The van der Waals surface area contributed by atoms with Gasteiger partial charge in [-0.25, -0.2) is 9.37 Å². The van der Waals surface area contributed by atoms with Crippen LogP contribution in [0.4, 0.5) is 10.1 Å². The summed E-state index contributed by atoms with van der Waals surface area (Å²) in [5, 5.41) is 2.48. The van der Waals surface area contributed by atoms with Crippen molar-refractivity contribution < 1.29 is 9.18 Å². The van der Waals surface area contributed by atoms with Crippen molar-refractivity contribution in [3.63, 3.8) is 0 Å². The molecule has 6 heteroatoms. The molecule has 0 fully saturated rings. The van der Waals surface area contributed by atoms with Crippen LogP contribution in [-0.2, 0) is 0 Å². The molecule has 1 N–H and O–H groups in total. The Bertz CT molecular complexity index is 584. The number of anilines is 1. The number of benzene rings is 1. The fraction of sp³-hybridized carbons (Fsp3) is 0. The van der Waals surface area contributed by atoms with E-state index in [2.05, 4.69) is 42.2 Å². The van der Waals surface area contributed by atoms with Crippen LogP contribution in [0.5, 0.6) is 0 Å². The van der Waals surface area contributed by atoms with E-state index in [0.29, 0.717) is 9.08 Å². The fourth-order valence-corrected chi connectivity index (χ4v) is 2.11. The van der Waals surface area contributed by atoms with Crippen LogP contribution in [0.1, 0.15) is 10.5 Å². The summed E-state index contributed by atoms with van der Waals surface area (Å²) in [7, 11) is 0. The molecule has 0 spiro atoms. The molecule has 1 amide bonds. The van der Waals surface area contributed by atoms with Gasteiger partial charge in [-0.15, -0.1) is 0 Å². The predicted octanol–water partition coefficient (Wildman–Crippen LogP) is 4.00. The first-order chi connectivity index (χ1) is 8.58. The Hall–Kier alpha value is -1.27. The molecule has 0 atom stereocenters. The number of carbonyl (C=O) groups excluding carboxylic acids is 1. The highest BCUT2D eigenvalue weighted by molar-refractivity contribution is 9.10. The van der Waals surface area contributed by atoms with Crippen LogP contribution in [0.2, 0.25) is 0 Å². The Balaban J connectivity index is 2.27. The molecule has 0 radical (unpaired) electrons. The van der Waals surface area contributed by atoms with Gasteiger partial charge >= 0.3 is 0 Å². The van der Waals surface area contributed by atoms with Gasteiger partial charge in [0.2, 0.25) is 0 Å². The molecule has 92 valence electrons. The van der Waals surface area contributed by atoms with Crippen LogP contribution in [0.25, 0.3) is 0 Å². The maximum atomic E-state index is 13.5. The lowest BCUT2D eigenvalue weighted by molar-refractivity contribution is 0.102. The molecule has 0 aliphatic rings. The van der Waals surface area contributed by atoms with Crippen molar-refractivity contribution >= 4 is 43.5 Å². The summed E-state index contributed by atoms with van der Waals surface area (Å²) in [5.41, 5.74) is 0.309. The van der Waals surface area contributed by atoms with Crippen molar-refractivity contribution in [1.29, 1.82) is 0 Å². The highest BCUT2D eigenvalue weighted by Crippen LogP contribution is 2.25. The van der Waals surface area contributed by atoms with Crippen molar-refractivity contribution in [2.45, 2.75) is 0 Å². The minimum absolute atomic E-state index is 0.101. The van der Waals surface area contributed by atoms with Gasteiger partial charge < -0.3 is 5.32 Å². The number of nitrogens with zero attached hydrogens (tertiary/aromatic N) is 1. The van der Waals surface area contributed by atoms with Crippen LogP contribution in [0.15, 0.2) is 45.5 Å². The van der Waals surface area contributed by atoms with E-state index in [4.69, 9.17) is 0 Å². The number of pyridine rings is 1. The maximum Gasteiger partial charge on any atom is 0.274 e. The number of para-hydroxylation sites is 1. The third-order valence-corrected chi connectivity index (χ3v) is 3.25. The van der Waals surface area contributed by atoms with Crippen LogP contribution in [0.3, 0.4) is 0 Å². The lowest BCUT2D eigenvalue weighted by Crippen LogP contribution is -2.15. The van der Waals surface area contributed by atoms with Crippen molar-refractivity contribution in [3.05, 3.63) is 57.0 Å². The zero-order valence-electron chi connectivity index (χ0n) is 8.95. The summed E-state index contributed by atoms with van der Waals surface area (Å²) < 4.78 is 14.6. The van der Waals surface area contributed by atoms with Crippen LogP contribution in [0, 0.1) is 5.82 Å². The lowest BCUT2D eigenvalue weighted by Gasteiger charge is -2.08. The number of carbonyl (C=O) groups is 1. The summed E-state index contributed by atoms with van der Waals surface area (Å²) in [5.74, 6) is -0.977. The van der Waals surface area contributed by atoms with E-state index in [0.717, 1.165) is 0 Å². The van der Waals surface area contributed by atoms with Gasteiger partial charge in [-0.1, -0.05) is 12.1 Å². The van der Waals surface area contributed by atoms with E-state index in [-0.39, 0.29) is 11.4 Å². The van der Waals surface area contributed by atoms with Crippen LogP contribution < -0.4 is 5.32 Å². The number of aromatic nitrogens is 1. The Morgan fingerprint density at radius 1 is 1.17 bits per heavy atom. The second kappa shape index (κ2) is 5.58. The molecule has 0 aliphatic carbocycles. The minimum atomic E-state index is -0.507. The molecule has 0 unspecified atom stereocenters. The monoisotopic (exact) mass is 372 g/mol. The lowest BCUT2D eigenvalue weighted by atomic mass is 10.3. The summed E-state index contributed by atoms with van der Waals surface area (Å²) in [6.45, 7) is 0. The number of amides is 1. The number of nitrogens with one attached hydrogen (secondary N) is 1. The highest BCUT2D eigenvalue weighted by Gasteiger charge is 2.13.